The molecule has 10 nitrogen and oxygen atoms in total. The van der Waals surface area contributed by atoms with Gasteiger partial charge in [0.1, 0.15) is 17.9 Å². The zero-order valence-electron chi connectivity index (χ0n) is 30.1. The smallest absolute Gasteiger partial charge is 0.251 e. The van der Waals surface area contributed by atoms with Gasteiger partial charge >= 0.3 is 0 Å². The van der Waals surface area contributed by atoms with E-state index in [1.807, 2.05) is 55.4 Å². The predicted octanol–water partition coefficient (Wildman–Crippen LogP) is 4.47. The molecule has 1 heterocycles. The summed E-state index contributed by atoms with van der Waals surface area (Å²) in [6.45, 7) is 13.1. The van der Waals surface area contributed by atoms with E-state index in [1.54, 1.807) is 19.1 Å². The first-order valence-corrected chi connectivity index (χ1v) is 17.5. The molecular weight excluding hydrogens is 608 g/mol. The van der Waals surface area contributed by atoms with E-state index >= 15 is 0 Å². The fourth-order valence-electron chi connectivity index (χ4n) is 8.38. The van der Waals surface area contributed by atoms with E-state index in [1.165, 1.54) is 6.42 Å². The third-order valence-corrected chi connectivity index (χ3v) is 11.4. The third-order valence-electron chi connectivity index (χ3n) is 11.4. The highest BCUT2D eigenvalue weighted by atomic mass is 16.7. The number of hydrogen-bond acceptors (Lipinski definition) is 8. The number of methoxy groups -OCH3 is 1. The zero-order chi connectivity index (χ0) is 35.1. The Morgan fingerprint density at radius 3 is 2.46 bits per heavy atom. The Morgan fingerprint density at radius 1 is 1.15 bits per heavy atom. The van der Waals surface area contributed by atoms with E-state index in [-0.39, 0.29) is 31.0 Å². The molecule has 264 valence electrons. The summed E-state index contributed by atoms with van der Waals surface area (Å²) in [5.41, 5.74) is 4.09. The summed E-state index contributed by atoms with van der Waals surface area (Å²) in [7, 11) is 5.48. The number of ether oxygens (including phenoxy) is 1. The van der Waals surface area contributed by atoms with Crippen molar-refractivity contribution in [3.63, 3.8) is 0 Å². The van der Waals surface area contributed by atoms with E-state index in [9.17, 15) is 19.8 Å². The lowest BCUT2D eigenvalue weighted by Gasteiger charge is -2.62. The molecule has 0 aromatic heterocycles. The van der Waals surface area contributed by atoms with Crippen molar-refractivity contribution in [1.29, 1.82) is 0 Å². The molecule has 3 saturated carbocycles. The number of hydroxylamine groups is 2. The van der Waals surface area contributed by atoms with E-state index in [0.717, 1.165) is 28.8 Å². The van der Waals surface area contributed by atoms with E-state index in [4.69, 9.17) is 9.57 Å². The van der Waals surface area contributed by atoms with Crippen molar-refractivity contribution in [1.82, 2.24) is 15.7 Å². The molecule has 1 saturated heterocycles. The predicted molar refractivity (Wildman–Crippen MR) is 187 cm³/mol. The maximum absolute atomic E-state index is 14.2. The first-order chi connectivity index (χ1) is 22.7. The molecule has 2 bridgehead atoms. The summed E-state index contributed by atoms with van der Waals surface area (Å²) in [5, 5.41) is 29.1. The maximum Gasteiger partial charge on any atom is 0.251 e. The number of nitrogens with one attached hydrogen (secondary N) is 2. The molecule has 10 heteroatoms. The molecule has 6 rings (SSSR count). The number of nitrogens with zero attached hydrogens (tertiary/aromatic N) is 2. The average molecular weight is 665 g/mol. The summed E-state index contributed by atoms with van der Waals surface area (Å²) in [6.07, 6.45) is 0.516. The number of anilines is 1. The van der Waals surface area contributed by atoms with Gasteiger partial charge in [0.25, 0.3) is 5.91 Å². The quantitative estimate of drug-likeness (QED) is 0.262. The topological polar surface area (TPSA) is 124 Å². The highest BCUT2D eigenvalue weighted by Gasteiger charge is 2.57. The van der Waals surface area contributed by atoms with Crippen LogP contribution in [-0.4, -0.2) is 85.7 Å². The van der Waals surface area contributed by atoms with Crippen LogP contribution in [0.5, 0.6) is 5.75 Å². The van der Waals surface area contributed by atoms with Gasteiger partial charge in [-0.05, 0) is 72.6 Å². The molecule has 4 N–H and O–H groups in total. The van der Waals surface area contributed by atoms with Crippen molar-refractivity contribution in [2.75, 3.05) is 39.3 Å². The molecule has 0 unspecified atom stereocenters. The Kier molecular flexibility index (Phi) is 10.8. The van der Waals surface area contributed by atoms with Gasteiger partial charge in [-0.15, -0.1) is 0 Å². The highest BCUT2D eigenvalue weighted by Crippen LogP contribution is 2.61. The van der Waals surface area contributed by atoms with Gasteiger partial charge in [-0.3, -0.25) is 14.4 Å². The molecule has 3 aliphatic carbocycles. The summed E-state index contributed by atoms with van der Waals surface area (Å²) in [5.74, 6) is 1.44. The molecule has 4 aliphatic rings. The van der Waals surface area contributed by atoms with Crippen LogP contribution in [0.15, 0.2) is 36.4 Å². The lowest BCUT2D eigenvalue weighted by Crippen LogP contribution is -2.62. The third kappa shape index (κ3) is 6.95. The lowest BCUT2D eigenvalue weighted by molar-refractivity contribution is -0.183. The Morgan fingerprint density at radius 2 is 1.88 bits per heavy atom. The van der Waals surface area contributed by atoms with Crippen LogP contribution in [-0.2, 0) is 16.2 Å². The Balaban J connectivity index is 1.45. The Hall–Kier alpha value is -3.18. The SMILES string of the molecule is COc1c(CN2O[C@@H](CO)[C@H]([C@H](C)O)[C@H]2C(=O)N[C@H]2C[C@@H]3C[C@@H]([C@@H]2C)C3(C)C)cccc1-c1cc(C(=O)NCC(C)C)cc(N(C)C)c1. The molecule has 4 fully saturated rings. The number of carbonyl (C=O) groups is 2. The summed E-state index contributed by atoms with van der Waals surface area (Å²) < 4.78 is 6.02. The fourth-order valence-corrected chi connectivity index (χ4v) is 8.38. The second-order valence-electron chi connectivity index (χ2n) is 15.5. The van der Waals surface area contributed by atoms with Gasteiger partial charge in [0.2, 0.25) is 5.91 Å². The van der Waals surface area contributed by atoms with Crippen molar-refractivity contribution >= 4 is 17.5 Å². The van der Waals surface area contributed by atoms with Crippen LogP contribution in [0, 0.1) is 35.0 Å². The number of rotatable bonds is 12. The van der Waals surface area contributed by atoms with Crippen LogP contribution >= 0.6 is 0 Å². The van der Waals surface area contributed by atoms with Gasteiger partial charge in [0.15, 0.2) is 0 Å². The number of hydrogen-bond donors (Lipinski definition) is 4. The average Bonchev–Trinajstić information content (AvgIpc) is 3.42. The second kappa shape index (κ2) is 14.4. The zero-order valence-corrected chi connectivity index (χ0v) is 30.1. The van der Waals surface area contributed by atoms with Gasteiger partial charge in [-0.25, -0.2) is 0 Å². The van der Waals surface area contributed by atoms with Crippen molar-refractivity contribution in [2.45, 2.75) is 85.2 Å². The molecular formula is C38H56N4O6. The van der Waals surface area contributed by atoms with Crippen molar-refractivity contribution in [3.05, 3.63) is 47.5 Å². The number of aliphatic hydroxyl groups excluding tert-OH is 2. The monoisotopic (exact) mass is 664 g/mol. The number of amides is 2. The van der Waals surface area contributed by atoms with Crippen molar-refractivity contribution in [2.24, 2.45) is 35.0 Å². The molecule has 48 heavy (non-hydrogen) atoms. The molecule has 0 spiro atoms. The number of carbonyl (C=O) groups excluding carboxylic acids is 2. The van der Waals surface area contributed by atoms with Gasteiger partial charge in [0.05, 0.1) is 26.4 Å². The summed E-state index contributed by atoms with van der Waals surface area (Å²) in [4.78, 5) is 35.5. The largest absolute Gasteiger partial charge is 0.496 e. The number of para-hydroxylation sites is 1. The first-order valence-electron chi connectivity index (χ1n) is 17.5. The minimum Gasteiger partial charge on any atom is -0.496 e. The normalized spacial score (nSPS) is 28.5. The van der Waals surface area contributed by atoms with E-state index in [0.29, 0.717) is 46.9 Å². The highest BCUT2D eigenvalue weighted by molar-refractivity contribution is 5.97. The van der Waals surface area contributed by atoms with E-state index in [2.05, 4.69) is 45.3 Å². The number of benzene rings is 2. The molecule has 1 aliphatic heterocycles. The van der Waals surface area contributed by atoms with E-state index < -0.39 is 24.2 Å². The minimum atomic E-state index is -0.888. The maximum atomic E-state index is 14.2. The van der Waals surface area contributed by atoms with Crippen LogP contribution in [0.1, 0.15) is 70.3 Å². The molecule has 2 amide bonds. The Bertz CT molecular complexity index is 1480. The van der Waals surface area contributed by atoms with Gasteiger partial charge < -0.3 is 30.5 Å². The lowest BCUT2D eigenvalue weighted by atomic mass is 9.45. The summed E-state index contributed by atoms with van der Waals surface area (Å²) in [6, 6.07) is 10.8. The minimum absolute atomic E-state index is 0.0488. The van der Waals surface area contributed by atoms with Crippen LogP contribution in [0.2, 0.25) is 0 Å². The standard InChI is InChI=1S/C38H56N4O6/c1-21(2)18-39-36(45)26-13-25(14-28(15-26)41(7)8)29-12-10-11-24(35(29)47-9)19-42-34(33(23(4)44)32(20-43)48-42)37(46)40-31-17-27-16-30(22(31)3)38(27,5)6/h10-15,21-23,27,30-34,43-44H,16-20H2,1-9H3,(H,39,45)(H,40,46)/t22-,23-,27-,30-,31-,32-,33-,34-/m0/s1. The van der Waals surface area contributed by atoms with Gasteiger partial charge in [-0.2, -0.15) is 5.06 Å². The fraction of sp³-hybridized carbons (Fsp3) is 0.632. The van der Waals surface area contributed by atoms with Crippen LogP contribution in [0.25, 0.3) is 11.1 Å². The van der Waals surface area contributed by atoms with Crippen LogP contribution in [0.3, 0.4) is 0 Å². The molecule has 2 aromatic carbocycles. The molecule has 2 aromatic rings. The molecule has 8 atom stereocenters. The molecule has 0 radical (unpaired) electrons. The first kappa shape index (κ1) is 36.1. The number of aliphatic hydroxyl groups is 2. The van der Waals surface area contributed by atoms with Crippen LogP contribution < -0.4 is 20.3 Å². The van der Waals surface area contributed by atoms with Gasteiger partial charge in [-0.1, -0.05) is 52.8 Å². The van der Waals surface area contributed by atoms with Crippen LogP contribution in [0.4, 0.5) is 5.69 Å². The number of fused-ring (bicyclic) bond motifs is 2. The summed E-state index contributed by atoms with van der Waals surface area (Å²) >= 11 is 0. The van der Waals surface area contributed by atoms with Crippen molar-refractivity contribution < 1.29 is 29.4 Å². The van der Waals surface area contributed by atoms with Crippen molar-refractivity contribution in [3.8, 4) is 16.9 Å². The van der Waals surface area contributed by atoms with Gasteiger partial charge in [0, 0.05) is 55.0 Å². The Labute approximate surface area is 286 Å². The second-order valence-corrected chi connectivity index (χ2v) is 15.5.